The first kappa shape index (κ1) is 15.7. The zero-order valence-electron chi connectivity index (χ0n) is 13.1. The van der Waals surface area contributed by atoms with Crippen LogP contribution >= 0.6 is 0 Å². The normalized spacial score (nSPS) is 12.2. The van der Waals surface area contributed by atoms with Crippen LogP contribution < -0.4 is 16.4 Å². The first-order valence-corrected chi connectivity index (χ1v) is 7.53. The van der Waals surface area contributed by atoms with E-state index in [4.69, 9.17) is 0 Å². The van der Waals surface area contributed by atoms with E-state index in [-0.39, 0.29) is 18.5 Å². The van der Waals surface area contributed by atoms with E-state index in [1.165, 1.54) is 0 Å². The minimum absolute atomic E-state index is 0.166. The lowest BCUT2D eigenvalue weighted by molar-refractivity contribution is -0.122. The van der Waals surface area contributed by atoms with Crippen molar-refractivity contribution in [3.8, 4) is 0 Å². The van der Waals surface area contributed by atoms with Crippen LogP contribution in [0.2, 0.25) is 0 Å². The van der Waals surface area contributed by atoms with Crippen molar-refractivity contribution in [2.24, 2.45) is 0 Å². The van der Waals surface area contributed by atoms with E-state index in [1.807, 2.05) is 6.92 Å². The lowest BCUT2D eigenvalue weighted by atomic mass is 10.2. The maximum atomic E-state index is 12.4. The van der Waals surface area contributed by atoms with Gasteiger partial charge in [-0.2, -0.15) is 5.10 Å². The topological polar surface area (TPSA) is 102 Å². The highest BCUT2D eigenvalue weighted by atomic mass is 16.2. The first-order valence-electron chi connectivity index (χ1n) is 7.53. The molecule has 0 aliphatic rings. The smallest absolute Gasteiger partial charge is 0.273 e. The number of carbonyl (C=O) groups excluding carboxylic acids is 1. The predicted octanol–water partition coefficient (Wildman–Crippen LogP) is 0.0912. The van der Waals surface area contributed by atoms with Crippen LogP contribution in [0.15, 0.2) is 52.3 Å². The number of nitrogens with zero attached hydrogens (tertiary/aromatic N) is 3. The van der Waals surface area contributed by atoms with Crippen LogP contribution in [-0.2, 0) is 17.9 Å². The second kappa shape index (κ2) is 6.53. The van der Waals surface area contributed by atoms with Gasteiger partial charge >= 0.3 is 0 Å². The van der Waals surface area contributed by atoms with Gasteiger partial charge in [-0.1, -0.05) is 12.1 Å². The molecule has 3 rings (SSSR count). The Morgan fingerprint density at radius 3 is 2.71 bits per heavy atom. The summed E-state index contributed by atoms with van der Waals surface area (Å²) >= 11 is 0. The number of amides is 1. The lowest BCUT2D eigenvalue weighted by Crippen LogP contribution is -2.41. The largest absolute Gasteiger partial charge is 0.350 e. The summed E-state index contributed by atoms with van der Waals surface area (Å²) in [4.78, 5) is 36.5. The third-order valence-electron chi connectivity index (χ3n) is 3.61. The van der Waals surface area contributed by atoms with E-state index in [0.717, 1.165) is 4.68 Å². The number of aromatic amines is 1. The Kier molecular flexibility index (Phi) is 4.28. The molecule has 0 saturated heterocycles. The molecule has 0 fully saturated rings. The van der Waals surface area contributed by atoms with E-state index in [1.54, 1.807) is 47.4 Å². The molecular formula is C16H17N5O3. The van der Waals surface area contributed by atoms with Crippen molar-refractivity contribution in [3.63, 3.8) is 0 Å². The molecular weight excluding hydrogens is 310 g/mol. The fraction of sp³-hybridized carbons (Fsp3) is 0.250. The Bertz CT molecular complexity index is 971. The molecule has 0 aliphatic carbocycles. The van der Waals surface area contributed by atoms with Crippen molar-refractivity contribution < 1.29 is 4.79 Å². The molecule has 24 heavy (non-hydrogen) atoms. The van der Waals surface area contributed by atoms with Crippen LogP contribution in [0.5, 0.6) is 0 Å². The molecule has 8 heteroatoms. The van der Waals surface area contributed by atoms with Gasteiger partial charge in [-0.25, -0.2) is 4.68 Å². The average molecular weight is 327 g/mol. The van der Waals surface area contributed by atoms with E-state index in [0.29, 0.717) is 17.3 Å². The van der Waals surface area contributed by atoms with Crippen molar-refractivity contribution in [3.05, 3.63) is 63.4 Å². The quantitative estimate of drug-likeness (QED) is 0.693. The monoisotopic (exact) mass is 327 g/mol. The molecule has 3 aromatic rings. The number of hydrogen-bond acceptors (Lipinski definition) is 4. The number of H-pyrrole nitrogens is 1. The minimum atomic E-state index is -0.403. The van der Waals surface area contributed by atoms with Gasteiger partial charge in [0.25, 0.3) is 11.1 Å². The van der Waals surface area contributed by atoms with Gasteiger partial charge in [0.15, 0.2) is 0 Å². The molecule has 0 aliphatic heterocycles. The Morgan fingerprint density at radius 2 is 2.00 bits per heavy atom. The van der Waals surface area contributed by atoms with Gasteiger partial charge in [0.05, 0.1) is 17.3 Å². The van der Waals surface area contributed by atoms with Crippen LogP contribution in [0.25, 0.3) is 10.8 Å². The second-order valence-corrected chi connectivity index (χ2v) is 5.57. The van der Waals surface area contributed by atoms with Crippen LogP contribution in [0, 0.1) is 0 Å². The molecule has 1 aromatic carbocycles. The van der Waals surface area contributed by atoms with Gasteiger partial charge < -0.3 is 5.32 Å². The molecule has 1 atom stereocenters. The van der Waals surface area contributed by atoms with E-state index < -0.39 is 11.1 Å². The summed E-state index contributed by atoms with van der Waals surface area (Å²) in [6.07, 6.45) is 3.46. The van der Waals surface area contributed by atoms with Crippen LogP contribution in [0.4, 0.5) is 0 Å². The van der Waals surface area contributed by atoms with Crippen molar-refractivity contribution in [1.82, 2.24) is 24.9 Å². The summed E-state index contributed by atoms with van der Waals surface area (Å²) < 4.78 is 2.73. The molecule has 2 N–H and O–H groups in total. The van der Waals surface area contributed by atoms with Crippen molar-refractivity contribution in [1.29, 1.82) is 0 Å². The van der Waals surface area contributed by atoms with Gasteiger partial charge in [-0.05, 0) is 25.1 Å². The van der Waals surface area contributed by atoms with Gasteiger partial charge in [0.2, 0.25) is 5.91 Å². The van der Waals surface area contributed by atoms with Gasteiger partial charge in [-0.15, -0.1) is 0 Å². The van der Waals surface area contributed by atoms with Crippen LogP contribution in [0.1, 0.15) is 6.92 Å². The van der Waals surface area contributed by atoms with Crippen LogP contribution in [-0.4, -0.2) is 31.5 Å². The van der Waals surface area contributed by atoms with Crippen molar-refractivity contribution in [2.75, 3.05) is 0 Å². The van der Waals surface area contributed by atoms with E-state index in [9.17, 15) is 14.4 Å². The Labute approximate surface area is 136 Å². The maximum absolute atomic E-state index is 12.4. The highest BCUT2D eigenvalue weighted by Crippen LogP contribution is 2.02. The standard InChI is InChI=1S/C16H17N5O3/c1-11(9-20-8-4-7-17-20)18-14(22)10-21-16(24)13-6-3-2-5-12(13)15(23)19-21/h2-8,11H,9-10H2,1H3,(H,18,22)(H,19,23). The molecule has 8 nitrogen and oxygen atoms in total. The number of fused-ring (bicyclic) bond motifs is 1. The average Bonchev–Trinajstić information content (AvgIpc) is 3.05. The van der Waals surface area contributed by atoms with E-state index in [2.05, 4.69) is 15.5 Å². The molecule has 0 spiro atoms. The summed E-state index contributed by atoms with van der Waals surface area (Å²) in [5.41, 5.74) is -0.803. The fourth-order valence-electron chi connectivity index (χ4n) is 2.56. The molecule has 0 radical (unpaired) electrons. The Hall–Kier alpha value is -3.16. The number of aromatic nitrogens is 4. The molecule has 0 saturated carbocycles. The van der Waals surface area contributed by atoms with Crippen molar-refractivity contribution >= 4 is 16.7 Å². The Morgan fingerprint density at radius 1 is 1.25 bits per heavy atom. The fourth-order valence-corrected chi connectivity index (χ4v) is 2.56. The zero-order chi connectivity index (χ0) is 17.1. The number of rotatable bonds is 5. The molecule has 1 amide bonds. The third kappa shape index (κ3) is 3.27. The van der Waals surface area contributed by atoms with Crippen molar-refractivity contribution in [2.45, 2.75) is 26.1 Å². The molecule has 124 valence electrons. The van der Waals surface area contributed by atoms with E-state index >= 15 is 0 Å². The predicted molar refractivity (Wildman–Crippen MR) is 88.7 cm³/mol. The minimum Gasteiger partial charge on any atom is -0.350 e. The van der Waals surface area contributed by atoms with Gasteiger partial charge in [0.1, 0.15) is 6.54 Å². The molecule has 0 bridgehead atoms. The SMILES string of the molecule is CC(Cn1cccn1)NC(=O)Cn1[nH]c(=O)c2ccccc2c1=O. The lowest BCUT2D eigenvalue weighted by Gasteiger charge is -2.14. The number of benzene rings is 1. The summed E-state index contributed by atoms with van der Waals surface area (Å²) in [5.74, 6) is -0.359. The third-order valence-corrected chi connectivity index (χ3v) is 3.61. The Balaban J connectivity index is 1.75. The van der Waals surface area contributed by atoms with Gasteiger partial charge in [0, 0.05) is 18.4 Å². The molecule has 2 heterocycles. The number of carbonyl (C=O) groups is 1. The maximum Gasteiger partial charge on any atom is 0.273 e. The summed E-state index contributed by atoms with van der Waals surface area (Å²) in [5, 5.41) is 9.89. The zero-order valence-corrected chi connectivity index (χ0v) is 13.1. The highest BCUT2D eigenvalue weighted by molar-refractivity contribution is 5.81. The summed E-state index contributed by atoms with van der Waals surface area (Å²) in [7, 11) is 0. The summed E-state index contributed by atoms with van der Waals surface area (Å²) in [6, 6.07) is 8.15. The molecule has 1 unspecified atom stereocenters. The first-order chi connectivity index (χ1) is 11.5. The number of nitrogens with one attached hydrogen (secondary N) is 2. The number of hydrogen-bond donors (Lipinski definition) is 2. The summed E-state index contributed by atoms with van der Waals surface area (Å²) in [6.45, 7) is 2.11. The molecule has 2 aromatic heterocycles. The van der Waals surface area contributed by atoms with Gasteiger partial charge in [-0.3, -0.25) is 24.2 Å². The second-order valence-electron chi connectivity index (χ2n) is 5.57. The highest BCUT2D eigenvalue weighted by Gasteiger charge is 2.12. The van der Waals surface area contributed by atoms with Crippen LogP contribution in [0.3, 0.4) is 0 Å².